The van der Waals surface area contributed by atoms with Gasteiger partial charge in [-0.3, -0.25) is 0 Å². The highest BCUT2D eigenvalue weighted by Crippen LogP contribution is 2.43. The highest BCUT2D eigenvalue weighted by Gasteiger charge is 2.33. The molecule has 0 aliphatic heterocycles. The van der Waals surface area contributed by atoms with Gasteiger partial charge in [0.05, 0.1) is 16.1 Å². The quantitative estimate of drug-likeness (QED) is 0.236. The number of alkyl halides is 3. The third-order valence-electron chi connectivity index (χ3n) is 5.09. The van der Waals surface area contributed by atoms with Gasteiger partial charge in [0, 0.05) is 16.0 Å². The number of halogens is 3. The first kappa shape index (κ1) is 28.1. The van der Waals surface area contributed by atoms with Crippen LogP contribution in [0.3, 0.4) is 0 Å². The van der Waals surface area contributed by atoms with E-state index in [2.05, 4.69) is 15.3 Å². The molecule has 0 fully saturated rings. The molecule has 3 aromatic heterocycles. The number of carboxylic acids is 1. The fourth-order valence-corrected chi connectivity index (χ4v) is 5.40. The van der Waals surface area contributed by atoms with Crippen LogP contribution >= 0.6 is 22.7 Å². The second-order valence-electron chi connectivity index (χ2n) is 8.13. The number of hydrogen-bond acceptors (Lipinski definition) is 6. The molecule has 0 saturated heterocycles. The van der Waals surface area contributed by atoms with E-state index in [0.29, 0.717) is 17.4 Å². The summed E-state index contributed by atoms with van der Waals surface area (Å²) in [6.07, 6.45) is -0.0808. The van der Waals surface area contributed by atoms with E-state index in [4.69, 9.17) is 0 Å². The fraction of sp³-hybridized carbons (Fsp3) is 0.222. The van der Waals surface area contributed by atoms with Gasteiger partial charge in [-0.1, -0.05) is 67.7 Å². The number of thiophene rings is 1. The molecule has 4 aromatic rings. The Kier molecular flexibility index (Phi) is 9.23. The second-order valence-corrected chi connectivity index (χ2v) is 10.2. The van der Waals surface area contributed by atoms with Gasteiger partial charge in [-0.05, 0) is 43.5 Å². The summed E-state index contributed by atoms with van der Waals surface area (Å²) < 4.78 is 39.0. The van der Waals surface area contributed by atoms with Crippen molar-refractivity contribution in [1.82, 2.24) is 9.97 Å². The van der Waals surface area contributed by atoms with Gasteiger partial charge in [0.2, 0.25) is 0 Å². The number of allylic oxidation sites excluding steroid dienone is 2. The lowest BCUT2D eigenvalue weighted by atomic mass is 10.1. The standard InChI is InChI=1S/C23H18F3N3O2S2.C4H8/c1-12(2)18-19(17-9-8-16(32-17)13-6-4-3-5-7-13)33-22(28-18)29-20-15(21(30)31)10-14(11-27-20)23(24,25)26;1-3-4-2/h3-12H,1-2H3,(H,30,31)(H,27,28,29);3-4H,1-2H3/b;4-3-. The molecule has 0 atom stereocenters. The third kappa shape index (κ3) is 7.05. The van der Waals surface area contributed by atoms with Crippen molar-refractivity contribution in [2.45, 2.75) is 39.8 Å². The largest absolute Gasteiger partial charge is 0.478 e. The summed E-state index contributed by atoms with van der Waals surface area (Å²) in [4.78, 5) is 22.9. The molecule has 37 heavy (non-hydrogen) atoms. The van der Waals surface area contributed by atoms with Crippen LogP contribution in [0, 0.1) is 0 Å². The van der Waals surface area contributed by atoms with E-state index in [0.717, 1.165) is 25.9 Å². The first-order chi connectivity index (χ1) is 17.5. The molecule has 0 unspecified atom stereocenters. The van der Waals surface area contributed by atoms with Crippen LogP contribution in [0.15, 0.2) is 66.9 Å². The van der Waals surface area contributed by atoms with Crippen molar-refractivity contribution in [3.8, 4) is 20.2 Å². The van der Waals surface area contributed by atoms with Gasteiger partial charge in [0.15, 0.2) is 5.13 Å². The Hall–Kier alpha value is -3.50. The number of thiazole rings is 1. The van der Waals surface area contributed by atoms with E-state index in [1.807, 2.05) is 82.3 Å². The second kappa shape index (κ2) is 12.2. The number of nitrogens with zero attached hydrogens (tertiary/aromatic N) is 2. The maximum atomic E-state index is 13.0. The molecular weight excluding hydrogens is 519 g/mol. The minimum Gasteiger partial charge on any atom is -0.478 e. The van der Waals surface area contributed by atoms with Gasteiger partial charge in [-0.2, -0.15) is 13.2 Å². The van der Waals surface area contributed by atoms with E-state index in [9.17, 15) is 23.1 Å². The molecule has 194 valence electrons. The molecule has 1 aromatic carbocycles. The van der Waals surface area contributed by atoms with Crippen LogP contribution in [0.1, 0.15) is 55.2 Å². The van der Waals surface area contributed by atoms with Crippen LogP contribution in [0.5, 0.6) is 0 Å². The lowest BCUT2D eigenvalue weighted by Crippen LogP contribution is -2.11. The number of hydrogen-bond donors (Lipinski definition) is 2. The minimum atomic E-state index is -4.69. The number of carbonyl (C=O) groups is 1. The summed E-state index contributed by atoms with van der Waals surface area (Å²) in [7, 11) is 0. The van der Waals surface area contributed by atoms with Crippen LogP contribution < -0.4 is 5.32 Å². The summed E-state index contributed by atoms with van der Waals surface area (Å²) in [5.74, 6) is -1.63. The molecule has 4 rings (SSSR count). The Morgan fingerprint density at radius 3 is 2.24 bits per heavy atom. The van der Waals surface area contributed by atoms with Crippen LogP contribution in [-0.4, -0.2) is 21.0 Å². The van der Waals surface area contributed by atoms with Crippen molar-refractivity contribution >= 4 is 39.6 Å². The number of pyridine rings is 1. The highest BCUT2D eigenvalue weighted by molar-refractivity contribution is 7.25. The normalized spacial score (nSPS) is 11.5. The molecule has 0 aliphatic carbocycles. The first-order valence-electron chi connectivity index (χ1n) is 11.4. The Morgan fingerprint density at radius 2 is 1.68 bits per heavy atom. The Morgan fingerprint density at radius 1 is 1.03 bits per heavy atom. The average Bonchev–Trinajstić information content (AvgIpc) is 3.52. The summed E-state index contributed by atoms with van der Waals surface area (Å²) in [5, 5.41) is 12.6. The van der Waals surface area contributed by atoms with Gasteiger partial charge in [0.25, 0.3) is 0 Å². The third-order valence-corrected chi connectivity index (χ3v) is 7.39. The summed E-state index contributed by atoms with van der Waals surface area (Å²) >= 11 is 2.92. The van der Waals surface area contributed by atoms with Gasteiger partial charge in [-0.25, -0.2) is 14.8 Å². The fourth-order valence-electron chi connectivity index (χ4n) is 3.15. The van der Waals surface area contributed by atoms with Gasteiger partial charge >= 0.3 is 12.1 Å². The summed E-state index contributed by atoms with van der Waals surface area (Å²) in [6, 6.07) is 14.6. The number of benzene rings is 1. The zero-order valence-electron chi connectivity index (χ0n) is 20.6. The number of nitrogens with one attached hydrogen (secondary N) is 1. The van der Waals surface area contributed by atoms with Crippen molar-refractivity contribution in [2.75, 3.05) is 5.32 Å². The predicted octanol–water partition coefficient (Wildman–Crippen LogP) is 9.10. The lowest BCUT2D eigenvalue weighted by molar-refractivity contribution is -0.137. The van der Waals surface area contributed by atoms with Gasteiger partial charge < -0.3 is 10.4 Å². The van der Waals surface area contributed by atoms with Crippen LogP contribution in [-0.2, 0) is 6.18 Å². The Balaban J connectivity index is 0.000000886. The lowest BCUT2D eigenvalue weighted by Gasteiger charge is -2.10. The van der Waals surface area contributed by atoms with Crippen molar-refractivity contribution in [1.29, 1.82) is 0 Å². The van der Waals surface area contributed by atoms with Crippen LogP contribution in [0.25, 0.3) is 20.2 Å². The maximum Gasteiger partial charge on any atom is 0.417 e. The van der Waals surface area contributed by atoms with Gasteiger partial charge in [-0.15, -0.1) is 11.3 Å². The van der Waals surface area contributed by atoms with E-state index in [1.54, 1.807) is 11.3 Å². The zero-order valence-corrected chi connectivity index (χ0v) is 22.3. The summed E-state index contributed by atoms with van der Waals surface area (Å²) in [6.45, 7) is 7.99. The molecule has 10 heteroatoms. The van der Waals surface area contributed by atoms with E-state index < -0.39 is 23.3 Å². The van der Waals surface area contributed by atoms with E-state index >= 15 is 0 Å². The molecule has 0 bridgehead atoms. The number of carboxylic acid groups (broad SMARTS) is 1. The molecule has 0 spiro atoms. The van der Waals surface area contributed by atoms with Crippen molar-refractivity contribution in [2.24, 2.45) is 0 Å². The Bertz CT molecular complexity index is 1370. The van der Waals surface area contributed by atoms with Crippen LogP contribution in [0.2, 0.25) is 0 Å². The first-order valence-corrected chi connectivity index (χ1v) is 13.0. The van der Waals surface area contributed by atoms with Crippen LogP contribution in [0.4, 0.5) is 24.1 Å². The summed E-state index contributed by atoms with van der Waals surface area (Å²) in [5.41, 5.74) is 0.214. The SMILES string of the molecule is C/C=C\C.CC(C)c1nc(Nc2ncc(C(F)(F)F)cc2C(=O)O)sc1-c1ccc(-c2ccccc2)s1. The number of anilines is 2. The topological polar surface area (TPSA) is 75.1 Å². The molecule has 0 saturated carbocycles. The monoisotopic (exact) mass is 545 g/mol. The number of rotatable bonds is 6. The maximum absolute atomic E-state index is 13.0. The molecule has 2 N–H and O–H groups in total. The smallest absolute Gasteiger partial charge is 0.417 e. The van der Waals surface area contributed by atoms with E-state index in [1.165, 1.54) is 11.3 Å². The molecule has 0 radical (unpaired) electrons. The molecule has 0 amide bonds. The van der Waals surface area contributed by atoms with Crippen molar-refractivity contribution < 1.29 is 23.1 Å². The molecule has 0 aliphatic rings. The van der Waals surface area contributed by atoms with E-state index in [-0.39, 0.29) is 11.7 Å². The average molecular weight is 546 g/mol. The predicted molar refractivity (Wildman–Crippen MR) is 145 cm³/mol. The minimum absolute atomic E-state index is 0.0774. The Labute approximate surface area is 221 Å². The highest BCUT2D eigenvalue weighted by atomic mass is 32.1. The molecule has 3 heterocycles. The van der Waals surface area contributed by atoms with Crippen molar-refractivity contribution in [3.63, 3.8) is 0 Å². The molecular formula is C27H26F3N3O2S2. The zero-order chi connectivity index (χ0) is 27.2. The number of aromatic carboxylic acids is 1. The van der Waals surface area contributed by atoms with Crippen molar-refractivity contribution in [3.05, 3.63) is 83.7 Å². The molecule has 5 nitrogen and oxygen atoms in total. The van der Waals surface area contributed by atoms with Gasteiger partial charge in [0.1, 0.15) is 11.4 Å². The number of aromatic nitrogens is 2.